The number of nitrogens with zero attached hydrogens (tertiary/aromatic N) is 1. The Kier molecular flexibility index (Phi) is 5.53. The highest BCUT2D eigenvalue weighted by Crippen LogP contribution is 2.65. The molecule has 1 amide bonds. The first-order valence-corrected chi connectivity index (χ1v) is 11.6. The van der Waals surface area contributed by atoms with Gasteiger partial charge < -0.3 is 15.4 Å². The summed E-state index contributed by atoms with van der Waals surface area (Å²) in [7, 11) is 2.05. The molecule has 3 aliphatic carbocycles. The Hall–Kier alpha value is -1.42. The molecule has 4 fully saturated rings. The van der Waals surface area contributed by atoms with Crippen LogP contribution < -0.4 is 10.5 Å². The van der Waals surface area contributed by atoms with Gasteiger partial charge in [-0.1, -0.05) is 13.8 Å². The van der Waals surface area contributed by atoms with Crippen molar-refractivity contribution in [3.63, 3.8) is 0 Å². The molecule has 1 aliphatic heterocycles. The number of rotatable bonds is 2. The first-order chi connectivity index (χ1) is 13.8. The van der Waals surface area contributed by atoms with Crippen LogP contribution in [0.3, 0.4) is 0 Å². The van der Waals surface area contributed by atoms with Crippen LogP contribution in [0.25, 0.3) is 0 Å². The Labute approximate surface area is 187 Å². The second kappa shape index (κ2) is 7.62. The third-order valence-electron chi connectivity index (χ3n) is 9.63. The van der Waals surface area contributed by atoms with Crippen molar-refractivity contribution in [3.8, 4) is 5.75 Å². The monoisotopic (exact) mass is 432 g/mol. The third-order valence-corrected chi connectivity index (χ3v) is 9.63. The number of hydrogen-bond acceptors (Lipinski definition) is 3. The van der Waals surface area contributed by atoms with Crippen LogP contribution in [0.1, 0.15) is 65.2 Å². The van der Waals surface area contributed by atoms with Crippen LogP contribution in [0.2, 0.25) is 0 Å². The Morgan fingerprint density at radius 3 is 2.40 bits per heavy atom. The molecule has 4 aliphatic rings. The maximum absolute atomic E-state index is 12.3. The van der Waals surface area contributed by atoms with Crippen molar-refractivity contribution < 1.29 is 9.53 Å². The number of nitrogens with two attached hydrogens (primary N) is 1. The molecule has 1 saturated heterocycles. The van der Waals surface area contributed by atoms with Gasteiger partial charge in [-0.25, -0.2) is 0 Å². The number of likely N-dealkylation sites (tertiary alicyclic amines) is 1. The molecule has 2 unspecified atom stereocenters. The summed E-state index contributed by atoms with van der Waals surface area (Å²) in [6.45, 7) is 4.99. The van der Waals surface area contributed by atoms with Crippen LogP contribution in [0.5, 0.6) is 5.75 Å². The first kappa shape index (κ1) is 21.8. The quantitative estimate of drug-likeness (QED) is 0.645. The van der Waals surface area contributed by atoms with E-state index in [2.05, 4.69) is 18.7 Å². The fourth-order valence-electron chi connectivity index (χ4n) is 8.01. The summed E-state index contributed by atoms with van der Waals surface area (Å²) in [5, 5.41) is 0. The van der Waals surface area contributed by atoms with Crippen molar-refractivity contribution in [2.45, 2.75) is 77.4 Å². The number of piperidine rings is 1. The molecule has 0 bridgehead atoms. The Bertz CT molecular complexity index is 799. The van der Waals surface area contributed by atoms with Gasteiger partial charge in [-0.3, -0.25) is 4.79 Å². The molecule has 30 heavy (non-hydrogen) atoms. The van der Waals surface area contributed by atoms with Gasteiger partial charge >= 0.3 is 0 Å². The van der Waals surface area contributed by atoms with Crippen LogP contribution in [0, 0.1) is 28.6 Å². The van der Waals surface area contributed by atoms with E-state index in [9.17, 15) is 4.79 Å². The van der Waals surface area contributed by atoms with Crippen molar-refractivity contribution in [2.75, 3.05) is 12.8 Å². The van der Waals surface area contributed by atoms with Crippen molar-refractivity contribution >= 4 is 24.0 Å². The summed E-state index contributed by atoms with van der Waals surface area (Å²) < 4.78 is 6.54. The lowest BCUT2D eigenvalue weighted by atomic mass is 9.47. The van der Waals surface area contributed by atoms with Crippen LogP contribution >= 0.6 is 12.4 Å². The average Bonchev–Trinajstić information content (AvgIpc) is 3.03. The van der Waals surface area contributed by atoms with Crippen molar-refractivity contribution in [3.05, 3.63) is 24.3 Å². The molecule has 0 spiro atoms. The zero-order valence-corrected chi connectivity index (χ0v) is 19.4. The molecule has 1 heterocycles. The van der Waals surface area contributed by atoms with Gasteiger partial charge in [-0.2, -0.15) is 0 Å². The lowest BCUT2D eigenvalue weighted by Crippen LogP contribution is -2.61. The van der Waals surface area contributed by atoms with E-state index in [4.69, 9.17) is 10.5 Å². The number of carbonyl (C=O) groups excluding carboxylic acids is 1. The predicted molar refractivity (Wildman–Crippen MR) is 123 cm³/mol. The normalized spacial score (nSPS) is 42.6. The molecule has 1 aromatic carbocycles. The van der Waals surface area contributed by atoms with Gasteiger partial charge in [0.05, 0.1) is 0 Å². The summed E-state index contributed by atoms with van der Waals surface area (Å²) in [5.41, 5.74) is 7.19. The molecular weight excluding hydrogens is 396 g/mol. The van der Waals surface area contributed by atoms with Gasteiger partial charge in [0.2, 0.25) is 5.91 Å². The summed E-state index contributed by atoms with van der Waals surface area (Å²) in [5.74, 6) is 3.60. The molecule has 1 aromatic rings. The summed E-state index contributed by atoms with van der Waals surface area (Å²) >= 11 is 0. The lowest BCUT2D eigenvalue weighted by molar-refractivity contribution is -0.159. The van der Waals surface area contributed by atoms with Gasteiger partial charge in [0.15, 0.2) is 0 Å². The van der Waals surface area contributed by atoms with Crippen molar-refractivity contribution in [1.29, 1.82) is 0 Å². The Balaban J connectivity index is 0.00000218. The van der Waals surface area contributed by atoms with Gasteiger partial charge in [-0.15, -0.1) is 12.4 Å². The average molecular weight is 433 g/mol. The van der Waals surface area contributed by atoms with Gasteiger partial charge in [0, 0.05) is 30.6 Å². The third kappa shape index (κ3) is 3.13. The number of hydrogen-bond donors (Lipinski definition) is 1. The minimum absolute atomic E-state index is 0. The maximum atomic E-state index is 12.3. The number of carbonyl (C=O) groups is 1. The van der Waals surface area contributed by atoms with Crippen LogP contribution in [0.4, 0.5) is 5.69 Å². The number of anilines is 1. The van der Waals surface area contributed by atoms with E-state index in [0.29, 0.717) is 23.5 Å². The molecule has 2 N–H and O–H groups in total. The summed E-state index contributed by atoms with van der Waals surface area (Å²) in [6.07, 6.45) is 9.55. The molecule has 3 saturated carbocycles. The highest BCUT2D eigenvalue weighted by molar-refractivity contribution is 5.85. The molecule has 5 heteroatoms. The van der Waals surface area contributed by atoms with E-state index in [0.717, 1.165) is 48.5 Å². The van der Waals surface area contributed by atoms with Gasteiger partial charge in [-0.05, 0) is 92.4 Å². The smallest absolute Gasteiger partial charge is 0.222 e. The molecule has 7 atom stereocenters. The largest absolute Gasteiger partial charge is 0.490 e. The van der Waals surface area contributed by atoms with Gasteiger partial charge in [0.1, 0.15) is 11.9 Å². The number of benzene rings is 1. The van der Waals surface area contributed by atoms with E-state index in [1.54, 1.807) is 0 Å². The molecule has 166 valence electrons. The molecular formula is C25H37ClN2O2. The van der Waals surface area contributed by atoms with E-state index < -0.39 is 0 Å². The SMILES string of the molecule is CN1C(=O)CC[C@@]2(C)C1CC[C@@H]1[C@H]2CC[C@]2(C)C(Oc3ccc(N)cc3)CC[C@@H]12.Cl. The number of fused-ring (bicyclic) bond motifs is 5. The summed E-state index contributed by atoms with van der Waals surface area (Å²) in [6, 6.07) is 8.34. The molecule has 0 aromatic heterocycles. The number of halogens is 1. The van der Waals surface area contributed by atoms with Gasteiger partial charge in [0.25, 0.3) is 0 Å². The minimum Gasteiger partial charge on any atom is -0.490 e. The number of amides is 1. The zero-order chi connectivity index (χ0) is 20.4. The Morgan fingerprint density at radius 2 is 1.67 bits per heavy atom. The van der Waals surface area contributed by atoms with E-state index in [1.807, 2.05) is 31.3 Å². The first-order valence-electron chi connectivity index (χ1n) is 11.6. The Morgan fingerprint density at radius 1 is 0.967 bits per heavy atom. The topological polar surface area (TPSA) is 55.6 Å². The number of nitrogen functional groups attached to an aromatic ring is 1. The highest BCUT2D eigenvalue weighted by Gasteiger charge is 2.61. The lowest BCUT2D eigenvalue weighted by Gasteiger charge is -2.61. The fourth-order valence-corrected chi connectivity index (χ4v) is 8.01. The molecule has 5 rings (SSSR count). The van der Waals surface area contributed by atoms with E-state index in [1.165, 1.54) is 32.1 Å². The summed E-state index contributed by atoms with van der Waals surface area (Å²) in [4.78, 5) is 14.4. The van der Waals surface area contributed by atoms with E-state index in [-0.39, 0.29) is 17.8 Å². The number of ether oxygens (including phenoxy) is 1. The van der Waals surface area contributed by atoms with Crippen LogP contribution in [0.15, 0.2) is 24.3 Å². The highest BCUT2D eigenvalue weighted by atomic mass is 35.5. The zero-order valence-electron chi connectivity index (χ0n) is 18.6. The minimum atomic E-state index is 0. The maximum Gasteiger partial charge on any atom is 0.222 e. The molecule has 0 radical (unpaired) electrons. The van der Waals surface area contributed by atoms with Crippen LogP contribution in [-0.2, 0) is 4.79 Å². The second-order valence-corrected chi connectivity index (χ2v) is 10.8. The molecule has 4 nitrogen and oxygen atoms in total. The fraction of sp³-hybridized carbons (Fsp3) is 0.720. The van der Waals surface area contributed by atoms with Crippen LogP contribution in [-0.4, -0.2) is 30.0 Å². The van der Waals surface area contributed by atoms with Crippen molar-refractivity contribution in [2.24, 2.45) is 28.6 Å². The van der Waals surface area contributed by atoms with E-state index >= 15 is 0 Å². The second-order valence-electron chi connectivity index (χ2n) is 10.8. The standard InChI is InChI=1S/C25H36N2O2.ClH/c1-24-15-13-23(28)27(3)21(24)10-8-18-19-9-11-22(25(19,2)14-12-20(18)24)29-17-6-4-16(26)5-7-17;/h4-7,18-22H,8-15,26H2,1-3H3;1H/t18-,19-,20+,21?,22?,24+,25-;/m0./s1. The predicted octanol–water partition coefficient (Wildman–Crippen LogP) is 5.30. The van der Waals surface area contributed by atoms with Crippen molar-refractivity contribution in [1.82, 2.24) is 4.90 Å².